The molecule has 0 unspecified atom stereocenters. The minimum absolute atomic E-state index is 0. The molecule has 0 amide bonds. The summed E-state index contributed by atoms with van der Waals surface area (Å²) in [5, 5.41) is 3.11. The Morgan fingerprint density at radius 1 is 1.12 bits per heavy atom. The van der Waals surface area contributed by atoms with Gasteiger partial charge in [0, 0.05) is 5.69 Å². The summed E-state index contributed by atoms with van der Waals surface area (Å²) in [6, 6.07) is 14.6. The molecular formula is C20H25FIN3O. The fraction of sp³-hybridized carbons (Fsp3) is 0.350. The maximum Gasteiger partial charge on any atom is 0.193 e. The lowest BCUT2D eigenvalue weighted by Crippen LogP contribution is -2.31. The molecule has 0 aliphatic heterocycles. The molecule has 0 heterocycles. The van der Waals surface area contributed by atoms with Gasteiger partial charge in [0.05, 0.1) is 12.1 Å². The molecule has 2 aromatic rings. The normalized spacial score (nSPS) is 19.5. The number of hydrogen-bond acceptors (Lipinski definition) is 2. The van der Waals surface area contributed by atoms with Gasteiger partial charge in [-0.2, -0.15) is 0 Å². The quantitative estimate of drug-likeness (QED) is 0.372. The topological polar surface area (TPSA) is 59.6 Å². The lowest BCUT2D eigenvalue weighted by atomic mass is 9.76. The number of nitrogens with zero attached hydrogens (tertiary/aromatic N) is 1. The largest absolute Gasteiger partial charge is 0.491 e. The van der Waals surface area contributed by atoms with Crippen LogP contribution in [-0.4, -0.2) is 18.1 Å². The molecule has 1 aliphatic carbocycles. The van der Waals surface area contributed by atoms with E-state index in [4.69, 9.17) is 10.5 Å². The predicted molar refractivity (Wildman–Crippen MR) is 115 cm³/mol. The molecule has 2 aromatic carbocycles. The average molecular weight is 469 g/mol. The third-order valence-electron chi connectivity index (χ3n) is 4.27. The molecule has 0 bridgehead atoms. The van der Waals surface area contributed by atoms with Gasteiger partial charge in [0.2, 0.25) is 0 Å². The first-order valence-corrected chi connectivity index (χ1v) is 8.62. The summed E-state index contributed by atoms with van der Waals surface area (Å²) < 4.78 is 18.6. The monoisotopic (exact) mass is 469 g/mol. The van der Waals surface area contributed by atoms with Crippen LogP contribution in [0.1, 0.15) is 38.2 Å². The van der Waals surface area contributed by atoms with Crippen LogP contribution in [-0.2, 0) is 0 Å². The van der Waals surface area contributed by atoms with E-state index in [0.717, 1.165) is 24.3 Å². The van der Waals surface area contributed by atoms with Crippen LogP contribution in [0.15, 0.2) is 53.5 Å². The molecule has 0 aromatic heterocycles. The van der Waals surface area contributed by atoms with Crippen molar-refractivity contribution in [2.24, 2.45) is 10.7 Å². The number of aliphatic imine (C=N–C) groups is 1. The minimum Gasteiger partial charge on any atom is -0.491 e. The summed E-state index contributed by atoms with van der Waals surface area (Å²) in [5.41, 5.74) is 8.04. The molecule has 3 rings (SSSR count). The number of guanidine groups is 1. The number of halogens is 2. The first kappa shape index (κ1) is 20.5. The minimum atomic E-state index is -0.198. The predicted octanol–water partition coefficient (Wildman–Crippen LogP) is 4.90. The molecule has 0 atom stereocenters. The van der Waals surface area contributed by atoms with Crippen LogP contribution in [0.25, 0.3) is 0 Å². The number of benzene rings is 2. The molecule has 0 saturated heterocycles. The maximum atomic E-state index is 13.0. The van der Waals surface area contributed by atoms with Crippen molar-refractivity contribution >= 4 is 35.6 Å². The molecule has 1 aliphatic rings. The second kappa shape index (κ2) is 9.21. The van der Waals surface area contributed by atoms with Crippen molar-refractivity contribution in [3.63, 3.8) is 0 Å². The lowest BCUT2D eigenvalue weighted by molar-refractivity contribution is 0.242. The summed E-state index contributed by atoms with van der Waals surface area (Å²) in [7, 11) is 0. The first-order chi connectivity index (χ1) is 12.0. The van der Waals surface area contributed by atoms with Crippen LogP contribution < -0.4 is 15.8 Å². The molecule has 3 N–H and O–H groups in total. The molecule has 0 spiro atoms. The van der Waals surface area contributed by atoms with Gasteiger partial charge in [-0.15, -0.1) is 24.0 Å². The highest BCUT2D eigenvalue weighted by molar-refractivity contribution is 14.0. The lowest BCUT2D eigenvalue weighted by Gasteiger charge is -2.33. The number of anilines is 1. The van der Waals surface area contributed by atoms with Crippen molar-refractivity contribution in [2.45, 2.75) is 44.8 Å². The third kappa shape index (κ3) is 5.59. The van der Waals surface area contributed by atoms with Crippen molar-refractivity contribution in [1.29, 1.82) is 0 Å². The van der Waals surface area contributed by atoms with Gasteiger partial charge in [-0.3, -0.25) is 0 Å². The van der Waals surface area contributed by atoms with E-state index in [0.29, 0.717) is 11.9 Å². The van der Waals surface area contributed by atoms with E-state index in [1.165, 1.54) is 17.7 Å². The van der Waals surface area contributed by atoms with E-state index >= 15 is 0 Å². The van der Waals surface area contributed by atoms with E-state index in [1.54, 1.807) is 0 Å². The van der Waals surface area contributed by atoms with Crippen LogP contribution in [0.2, 0.25) is 0 Å². The standard InChI is InChI=1S/C20H24FN3O.HI/c1-13(2)25-19-9-7-17(8-10-19)23-20(22)24-18-11-15(12-18)14-3-5-16(21)6-4-14;/h3-10,13,15,18H,11-12H2,1-2H3,(H3,22,23,24);1H. The molecule has 26 heavy (non-hydrogen) atoms. The van der Waals surface area contributed by atoms with Crippen molar-refractivity contribution in [2.75, 3.05) is 5.32 Å². The Labute approximate surface area is 171 Å². The highest BCUT2D eigenvalue weighted by Gasteiger charge is 2.30. The summed E-state index contributed by atoms with van der Waals surface area (Å²) in [6.07, 6.45) is 2.03. The summed E-state index contributed by atoms with van der Waals surface area (Å²) in [5.74, 6) is 1.49. The average Bonchev–Trinajstić information content (AvgIpc) is 2.53. The molecule has 140 valence electrons. The molecule has 0 radical (unpaired) electrons. The number of rotatable bonds is 5. The Morgan fingerprint density at radius 3 is 2.31 bits per heavy atom. The van der Waals surface area contributed by atoms with Gasteiger partial charge >= 0.3 is 0 Å². The number of nitrogens with one attached hydrogen (secondary N) is 1. The Kier molecular flexibility index (Phi) is 7.25. The third-order valence-corrected chi connectivity index (χ3v) is 4.27. The summed E-state index contributed by atoms with van der Waals surface area (Å²) in [4.78, 5) is 4.52. The van der Waals surface area contributed by atoms with Gasteiger partial charge in [0.1, 0.15) is 11.6 Å². The zero-order valence-corrected chi connectivity index (χ0v) is 17.3. The molecule has 4 nitrogen and oxygen atoms in total. The van der Waals surface area contributed by atoms with Crippen LogP contribution in [0.5, 0.6) is 5.75 Å². The Hall–Kier alpha value is -1.83. The number of ether oxygens (including phenoxy) is 1. The molecule has 1 fully saturated rings. The number of nitrogens with two attached hydrogens (primary N) is 1. The zero-order chi connectivity index (χ0) is 17.8. The fourth-order valence-electron chi connectivity index (χ4n) is 2.97. The maximum absolute atomic E-state index is 13.0. The van der Waals surface area contributed by atoms with E-state index in [2.05, 4.69) is 10.3 Å². The SMILES string of the molecule is CC(C)Oc1ccc(NC(N)=NC2CC(c3ccc(F)cc3)C2)cc1.I. The van der Waals surface area contributed by atoms with Crippen LogP contribution >= 0.6 is 24.0 Å². The van der Waals surface area contributed by atoms with E-state index in [1.807, 2.05) is 50.2 Å². The van der Waals surface area contributed by atoms with Gasteiger partial charge in [-0.1, -0.05) is 12.1 Å². The second-order valence-corrected chi connectivity index (χ2v) is 6.70. The second-order valence-electron chi connectivity index (χ2n) is 6.70. The first-order valence-electron chi connectivity index (χ1n) is 8.62. The van der Waals surface area contributed by atoms with Crippen molar-refractivity contribution in [3.05, 3.63) is 59.9 Å². The van der Waals surface area contributed by atoms with Crippen LogP contribution in [0, 0.1) is 5.82 Å². The molecule has 1 saturated carbocycles. The van der Waals surface area contributed by atoms with Gasteiger partial charge in [-0.25, -0.2) is 9.38 Å². The Balaban J connectivity index is 0.00000243. The molecular weight excluding hydrogens is 444 g/mol. The van der Waals surface area contributed by atoms with Gasteiger partial charge in [0.15, 0.2) is 5.96 Å². The van der Waals surface area contributed by atoms with Crippen molar-refractivity contribution < 1.29 is 9.13 Å². The Morgan fingerprint density at radius 2 is 1.73 bits per heavy atom. The fourth-order valence-corrected chi connectivity index (χ4v) is 2.97. The van der Waals surface area contributed by atoms with Gasteiger partial charge < -0.3 is 15.8 Å². The van der Waals surface area contributed by atoms with E-state index < -0.39 is 0 Å². The van der Waals surface area contributed by atoms with Gasteiger partial charge in [0.25, 0.3) is 0 Å². The van der Waals surface area contributed by atoms with Gasteiger partial charge in [-0.05, 0) is 74.6 Å². The summed E-state index contributed by atoms with van der Waals surface area (Å²) >= 11 is 0. The smallest absolute Gasteiger partial charge is 0.193 e. The number of hydrogen-bond donors (Lipinski definition) is 2. The highest BCUT2D eigenvalue weighted by Crippen LogP contribution is 2.38. The van der Waals surface area contributed by atoms with Crippen molar-refractivity contribution in [1.82, 2.24) is 0 Å². The Bertz CT molecular complexity index is 726. The van der Waals surface area contributed by atoms with E-state index in [9.17, 15) is 4.39 Å². The van der Waals surface area contributed by atoms with E-state index in [-0.39, 0.29) is 41.9 Å². The van der Waals surface area contributed by atoms with Crippen LogP contribution in [0.4, 0.5) is 10.1 Å². The highest BCUT2D eigenvalue weighted by atomic mass is 127. The van der Waals surface area contributed by atoms with Crippen LogP contribution in [0.3, 0.4) is 0 Å². The zero-order valence-electron chi connectivity index (χ0n) is 15.0. The van der Waals surface area contributed by atoms with Crippen molar-refractivity contribution in [3.8, 4) is 5.75 Å². The molecule has 6 heteroatoms. The summed E-state index contributed by atoms with van der Waals surface area (Å²) in [6.45, 7) is 3.99.